The van der Waals surface area contributed by atoms with E-state index in [9.17, 15) is 4.39 Å². The smallest absolute Gasteiger partial charge is 0.198 e. The molecule has 3 heteroatoms. The summed E-state index contributed by atoms with van der Waals surface area (Å²) in [6.07, 6.45) is 0.606. The van der Waals surface area contributed by atoms with Crippen LogP contribution in [-0.2, 0) is 6.42 Å². The summed E-state index contributed by atoms with van der Waals surface area (Å²) in [5, 5.41) is 2.01. The maximum atomic E-state index is 12.9. The minimum Gasteiger partial charge on any atom is -0.449 e. The average Bonchev–Trinajstić information content (AvgIpc) is 2.42. The largest absolute Gasteiger partial charge is 0.449 e. The van der Waals surface area contributed by atoms with Crippen molar-refractivity contribution in [1.29, 1.82) is 0 Å². The van der Waals surface area contributed by atoms with Gasteiger partial charge in [-0.15, -0.1) is 0 Å². The summed E-state index contributed by atoms with van der Waals surface area (Å²) in [5.74, 6) is 0.554. The van der Waals surface area contributed by atoms with Crippen LogP contribution in [0, 0.1) is 10.5 Å². The first-order valence-electron chi connectivity index (χ1n) is 5.98. The molecule has 0 spiro atoms. The molecule has 0 unspecified atom stereocenters. The van der Waals surface area contributed by atoms with Gasteiger partial charge in [-0.1, -0.05) is 30.3 Å². The lowest BCUT2D eigenvalue weighted by atomic mass is 10.1. The Labute approximate surface area is 115 Å². The van der Waals surface area contributed by atoms with E-state index >= 15 is 0 Å². The zero-order valence-electron chi connectivity index (χ0n) is 10.1. The SMILES string of the molecule is Fc1ccc(Cc2cc3ccccc3c(=S)o2)cc1. The second kappa shape index (κ2) is 4.94. The molecule has 3 rings (SSSR count). The monoisotopic (exact) mass is 270 g/mol. The van der Waals surface area contributed by atoms with Crippen molar-refractivity contribution >= 4 is 23.0 Å². The summed E-state index contributed by atoms with van der Waals surface area (Å²) in [7, 11) is 0. The van der Waals surface area contributed by atoms with Crippen LogP contribution in [0.4, 0.5) is 4.39 Å². The molecule has 2 aromatic carbocycles. The third-order valence-electron chi connectivity index (χ3n) is 3.01. The van der Waals surface area contributed by atoms with Gasteiger partial charge in [-0.05, 0) is 47.4 Å². The normalized spacial score (nSPS) is 10.8. The molecule has 19 heavy (non-hydrogen) atoms. The highest BCUT2D eigenvalue weighted by Gasteiger charge is 2.03. The van der Waals surface area contributed by atoms with Crippen LogP contribution in [0.3, 0.4) is 0 Å². The van der Waals surface area contributed by atoms with E-state index in [-0.39, 0.29) is 5.82 Å². The van der Waals surface area contributed by atoms with E-state index in [0.717, 1.165) is 22.1 Å². The number of hydrogen-bond acceptors (Lipinski definition) is 2. The molecule has 94 valence electrons. The Kier molecular flexibility index (Phi) is 3.13. The van der Waals surface area contributed by atoms with E-state index in [1.165, 1.54) is 12.1 Å². The fourth-order valence-electron chi connectivity index (χ4n) is 2.08. The molecular weight excluding hydrogens is 259 g/mol. The number of benzene rings is 2. The van der Waals surface area contributed by atoms with Crippen molar-refractivity contribution < 1.29 is 8.81 Å². The van der Waals surface area contributed by atoms with Crippen molar-refractivity contribution in [2.45, 2.75) is 6.42 Å². The van der Waals surface area contributed by atoms with Crippen LogP contribution in [-0.4, -0.2) is 0 Å². The molecule has 0 radical (unpaired) electrons. The molecule has 0 aliphatic carbocycles. The van der Waals surface area contributed by atoms with E-state index in [1.807, 2.05) is 30.3 Å². The molecule has 0 fully saturated rings. The van der Waals surface area contributed by atoms with E-state index in [0.29, 0.717) is 11.1 Å². The highest BCUT2D eigenvalue weighted by Crippen LogP contribution is 2.20. The Morgan fingerprint density at radius 1 is 1.00 bits per heavy atom. The maximum Gasteiger partial charge on any atom is 0.198 e. The van der Waals surface area contributed by atoms with E-state index in [4.69, 9.17) is 16.6 Å². The van der Waals surface area contributed by atoms with Crippen LogP contribution in [0.25, 0.3) is 10.8 Å². The Morgan fingerprint density at radius 3 is 2.53 bits per heavy atom. The summed E-state index contributed by atoms with van der Waals surface area (Å²) >= 11 is 5.25. The van der Waals surface area contributed by atoms with Crippen molar-refractivity contribution in [2.24, 2.45) is 0 Å². The third-order valence-corrected chi connectivity index (χ3v) is 3.32. The molecule has 0 aliphatic rings. The van der Waals surface area contributed by atoms with Crippen LogP contribution in [0.15, 0.2) is 59.0 Å². The predicted octanol–water partition coefficient (Wildman–Crippen LogP) is 4.89. The number of hydrogen-bond donors (Lipinski definition) is 0. The van der Waals surface area contributed by atoms with Gasteiger partial charge in [0.1, 0.15) is 11.6 Å². The van der Waals surface area contributed by atoms with E-state index < -0.39 is 0 Å². The molecule has 3 aromatic rings. The Balaban J connectivity index is 2.01. The molecule has 1 aromatic heterocycles. The van der Waals surface area contributed by atoms with Crippen LogP contribution >= 0.6 is 12.2 Å². The van der Waals surface area contributed by atoms with E-state index in [1.54, 1.807) is 12.1 Å². The minimum atomic E-state index is -0.233. The van der Waals surface area contributed by atoms with Gasteiger partial charge in [0.15, 0.2) is 4.71 Å². The number of rotatable bonds is 2. The lowest BCUT2D eigenvalue weighted by Crippen LogP contribution is -1.89. The van der Waals surface area contributed by atoms with Crippen LogP contribution < -0.4 is 0 Å². The molecule has 1 heterocycles. The molecular formula is C16H11FOS. The lowest BCUT2D eigenvalue weighted by molar-refractivity contribution is 0.496. The van der Waals surface area contributed by atoms with Gasteiger partial charge in [-0.25, -0.2) is 4.39 Å². The van der Waals surface area contributed by atoms with Crippen molar-refractivity contribution in [3.63, 3.8) is 0 Å². The molecule has 0 saturated carbocycles. The summed E-state index contributed by atoms with van der Waals surface area (Å²) in [6, 6.07) is 16.3. The molecule has 0 amide bonds. The minimum absolute atomic E-state index is 0.233. The lowest BCUT2D eigenvalue weighted by Gasteiger charge is -2.04. The highest BCUT2D eigenvalue weighted by molar-refractivity contribution is 7.71. The van der Waals surface area contributed by atoms with Gasteiger partial charge in [-0.2, -0.15) is 0 Å². The highest BCUT2D eigenvalue weighted by atomic mass is 32.1. The van der Waals surface area contributed by atoms with Gasteiger partial charge < -0.3 is 4.42 Å². The maximum absolute atomic E-state index is 12.9. The molecule has 0 N–H and O–H groups in total. The summed E-state index contributed by atoms with van der Waals surface area (Å²) in [4.78, 5) is 0. The summed E-state index contributed by atoms with van der Waals surface area (Å²) < 4.78 is 19.0. The van der Waals surface area contributed by atoms with Crippen molar-refractivity contribution in [3.8, 4) is 0 Å². The summed E-state index contributed by atoms with van der Waals surface area (Å²) in [5.41, 5.74) is 0.995. The predicted molar refractivity (Wildman–Crippen MR) is 76.3 cm³/mol. The van der Waals surface area contributed by atoms with Gasteiger partial charge in [0.05, 0.1) is 0 Å². The van der Waals surface area contributed by atoms with Gasteiger partial charge in [0, 0.05) is 11.8 Å². The standard InChI is InChI=1S/C16H11FOS/c17-13-7-5-11(6-8-13)9-14-10-12-3-1-2-4-15(12)16(19)18-14/h1-8,10H,9H2. The van der Waals surface area contributed by atoms with Crippen molar-refractivity contribution in [3.05, 3.63) is 76.4 Å². The Morgan fingerprint density at radius 2 is 1.74 bits per heavy atom. The first kappa shape index (κ1) is 12.1. The number of halogens is 1. The Bertz CT molecular complexity index is 775. The average molecular weight is 270 g/mol. The summed E-state index contributed by atoms with van der Waals surface area (Å²) in [6.45, 7) is 0. The second-order valence-corrected chi connectivity index (χ2v) is 4.76. The van der Waals surface area contributed by atoms with Crippen LogP contribution in [0.2, 0.25) is 0 Å². The van der Waals surface area contributed by atoms with Crippen molar-refractivity contribution in [1.82, 2.24) is 0 Å². The van der Waals surface area contributed by atoms with Gasteiger partial charge in [0.25, 0.3) is 0 Å². The quantitative estimate of drug-likeness (QED) is 0.615. The third kappa shape index (κ3) is 2.56. The fourth-order valence-corrected chi connectivity index (χ4v) is 2.37. The molecule has 0 saturated heterocycles. The zero-order chi connectivity index (χ0) is 13.2. The first-order valence-corrected chi connectivity index (χ1v) is 6.39. The molecule has 0 atom stereocenters. The number of fused-ring (bicyclic) bond motifs is 1. The van der Waals surface area contributed by atoms with Gasteiger partial charge in [0.2, 0.25) is 0 Å². The van der Waals surface area contributed by atoms with E-state index in [2.05, 4.69) is 0 Å². The van der Waals surface area contributed by atoms with Gasteiger partial charge >= 0.3 is 0 Å². The fraction of sp³-hybridized carbons (Fsp3) is 0.0625. The van der Waals surface area contributed by atoms with Crippen LogP contribution in [0.5, 0.6) is 0 Å². The van der Waals surface area contributed by atoms with Crippen LogP contribution in [0.1, 0.15) is 11.3 Å². The molecule has 1 nitrogen and oxygen atoms in total. The zero-order valence-corrected chi connectivity index (χ0v) is 10.9. The van der Waals surface area contributed by atoms with Crippen molar-refractivity contribution in [2.75, 3.05) is 0 Å². The Hall–Kier alpha value is -2.00. The molecule has 0 bridgehead atoms. The molecule has 0 aliphatic heterocycles. The van der Waals surface area contributed by atoms with Gasteiger partial charge in [-0.3, -0.25) is 0 Å². The second-order valence-electron chi connectivity index (χ2n) is 4.39. The first-order chi connectivity index (χ1) is 9.22. The topological polar surface area (TPSA) is 13.1 Å².